The van der Waals surface area contributed by atoms with Crippen LogP contribution in [0.2, 0.25) is 0 Å². The van der Waals surface area contributed by atoms with Gasteiger partial charge in [0.15, 0.2) is 5.82 Å². The van der Waals surface area contributed by atoms with Gasteiger partial charge in [0.05, 0.1) is 36.9 Å². The molecule has 1 aliphatic carbocycles. The average Bonchev–Trinajstić information content (AvgIpc) is 3.49. The van der Waals surface area contributed by atoms with Crippen LogP contribution in [0.3, 0.4) is 0 Å². The van der Waals surface area contributed by atoms with Crippen LogP contribution >= 0.6 is 0 Å². The van der Waals surface area contributed by atoms with Crippen molar-refractivity contribution in [2.24, 2.45) is 5.41 Å². The van der Waals surface area contributed by atoms with Gasteiger partial charge in [0.25, 0.3) is 0 Å². The van der Waals surface area contributed by atoms with Gasteiger partial charge in [-0.25, -0.2) is 8.78 Å². The first-order valence-electron chi connectivity index (χ1n) is 18.6. The van der Waals surface area contributed by atoms with E-state index in [4.69, 9.17) is 25.6 Å². The van der Waals surface area contributed by atoms with Crippen LogP contribution in [0, 0.1) is 29.4 Å². The Morgan fingerprint density at radius 3 is 2.62 bits per heavy atom. The molecule has 8 rings (SSSR count). The van der Waals surface area contributed by atoms with E-state index in [1.807, 2.05) is 18.7 Å². The molecular formula is C40H49F2N5O5. The van der Waals surface area contributed by atoms with Gasteiger partial charge >= 0.3 is 6.01 Å². The molecular weight excluding hydrogens is 668 g/mol. The Labute approximate surface area is 303 Å². The van der Waals surface area contributed by atoms with Crippen molar-refractivity contribution in [3.8, 4) is 35.4 Å². The van der Waals surface area contributed by atoms with E-state index in [1.54, 1.807) is 0 Å². The molecule has 3 atom stereocenters. The molecule has 3 N–H and O–H groups in total. The van der Waals surface area contributed by atoms with Crippen LogP contribution in [0.25, 0.3) is 32.9 Å². The highest BCUT2D eigenvalue weighted by molar-refractivity contribution is 6.03. The van der Waals surface area contributed by atoms with Crippen LogP contribution in [0.1, 0.15) is 70.8 Å². The predicted molar refractivity (Wildman–Crippen MR) is 198 cm³/mol. The number of aromatic hydroxyl groups is 1. The molecule has 3 saturated heterocycles. The summed E-state index contributed by atoms with van der Waals surface area (Å²) in [5.74, 6) is 1.14. The van der Waals surface area contributed by atoms with Crippen LogP contribution < -0.4 is 15.0 Å². The van der Waals surface area contributed by atoms with E-state index in [0.29, 0.717) is 42.4 Å². The van der Waals surface area contributed by atoms with Crippen molar-refractivity contribution in [2.45, 2.75) is 77.4 Å². The normalized spacial score (nSPS) is 23.0. The van der Waals surface area contributed by atoms with E-state index in [-0.39, 0.29) is 58.1 Å². The van der Waals surface area contributed by atoms with E-state index in [9.17, 15) is 14.6 Å². The molecule has 52 heavy (non-hydrogen) atoms. The third-order valence-electron chi connectivity index (χ3n) is 10.4. The van der Waals surface area contributed by atoms with Crippen molar-refractivity contribution in [1.29, 1.82) is 0 Å². The molecule has 2 aromatic heterocycles. The number of anilines is 1. The molecule has 3 aliphatic heterocycles. The maximum Gasteiger partial charge on any atom is 0.319 e. The number of rotatable bonds is 5. The van der Waals surface area contributed by atoms with Crippen LogP contribution in [0.4, 0.5) is 14.6 Å². The molecule has 4 aromatic rings. The number of β-amino-alcohol motifs (C(OH)–C–C–N with tert-alkyl or cyclic N) is 1. The summed E-state index contributed by atoms with van der Waals surface area (Å²) in [5.41, 5.74) is -0.167. The minimum Gasteiger partial charge on any atom is -0.508 e. The zero-order valence-corrected chi connectivity index (χ0v) is 30.1. The van der Waals surface area contributed by atoms with Gasteiger partial charge in [-0.3, -0.25) is 4.98 Å². The first-order valence-corrected chi connectivity index (χ1v) is 18.6. The van der Waals surface area contributed by atoms with Gasteiger partial charge in [-0.15, -0.1) is 6.42 Å². The fraction of sp³-hybridized carbons (Fsp3) is 0.525. The third-order valence-corrected chi connectivity index (χ3v) is 10.4. The molecule has 2 aromatic carbocycles. The van der Waals surface area contributed by atoms with Crippen LogP contribution in [-0.2, 0) is 9.47 Å². The summed E-state index contributed by atoms with van der Waals surface area (Å²) < 4.78 is 48.4. The molecule has 5 heterocycles. The number of pyridine rings is 1. The largest absolute Gasteiger partial charge is 0.508 e. The number of piperidine rings is 1. The lowest BCUT2D eigenvalue weighted by molar-refractivity contribution is 0.0597. The Balaban J connectivity index is 0.000000521. The second-order valence-electron chi connectivity index (χ2n) is 13.7. The van der Waals surface area contributed by atoms with Crippen LogP contribution in [0.5, 0.6) is 11.8 Å². The summed E-state index contributed by atoms with van der Waals surface area (Å²) in [6.07, 6.45) is 15.6. The van der Waals surface area contributed by atoms with Crippen LogP contribution in [-0.4, -0.2) is 90.0 Å². The van der Waals surface area contributed by atoms with Gasteiger partial charge in [0.2, 0.25) is 0 Å². The summed E-state index contributed by atoms with van der Waals surface area (Å²) in [4.78, 5) is 15.5. The minimum atomic E-state index is -0.794. The first-order chi connectivity index (χ1) is 25.4. The van der Waals surface area contributed by atoms with Gasteiger partial charge < -0.3 is 34.6 Å². The van der Waals surface area contributed by atoms with Gasteiger partial charge in [0.1, 0.15) is 28.6 Å². The standard InChI is InChI=1S/C33H33F2N5O4.C5H10O.C2H6/c1-2-22-25(34)7-6-19-13-20(41)14-23(27(19)22)29-28(35)30-24(15-37-29)31(40-11-12-43-17-21(42)16-40)39-32(38-30)44-18-33-8-3-5-26(33)36-10-4-9-33;1-2-4-6-5-3-1;1-2/h1,6-7,13-15,21,26,36,41-42H,3-5,8-12,16-18H2;1-5H2;1-2H3. The second-order valence-corrected chi connectivity index (χ2v) is 13.7. The lowest BCUT2D eigenvalue weighted by Crippen LogP contribution is -2.49. The van der Waals surface area contributed by atoms with E-state index in [0.717, 1.165) is 51.9 Å². The Hall–Kier alpha value is -4.15. The SMILES string of the molecule is C#Cc1c(F)ccc2cc(O)cc(-c3ncc4c(N5CCOCC(O)C5)nc(OCC56CCCNC5CCC6)nc4c3F)c12.C1CCOCC1.CC. The van der Waals surface area contributed by atoms with Crippen molar-refractivity contribution in [2.75, 3.05) is 57.6 Å². The molecule has 0 bridgehead atoms. The fourth-order valence-electron chi connectivity index (χ4n) is 7.87. The Morgan fingerprint density at radius 2 is 1.87 bits per heavy atom. The number of hydrogen-bond donors (Lipinski definition) is 3. The van der Waals surface area contributed by atoms with Gasteiger partial charge in [-0.05, 0) is 75.1 Å². The van der Waals surface area contributed by atoms with Gasteiger partial charge in [0, 0.05) is 54.9 Å². The molecule has 0 amide bonds. The third kappa shape index (κ3) is 7.93. The number of benzene rings is 2. The number of nitrogens with zero attached hydrogens (tertiary/aromatic N) is 4. The van der Waals surface area contributed by atoms with Crippen LogP contribution in [0.15, 0.2) is 30.5 Å². The molecule has 3 unspecified atom stereocenters. The van der Waals surface area contributed by atoms with Crippen molar-refractivity contribution < 1.29 is 33.2 Å². The smallest absolute Gasteiger partial charge is 0.319 e. The maximum absolute atomic E-state index is 16.7. The summed E-state index contributed by atoms with van der Waals surface area (Å²) in [5, 5.41) is 25.6. The first kappa shape index (κ1) is 37.6. The van der Waals surface area contributed by atoms with E-state index < -0.39 is 17.7 Å². The molecule has 1 saturated carbocycles. The van der Waals surface area contributed by atoms with E-state index in [1.165, 1.54) is 49.7 Å². The number of hydrogen-bond acceptors (Lipinski definition) is 10. The monoisotopic (exact) mass is 717 g/mol. The molecule has 12 heteroatoms. The highest BCUT2D eigenvalue weighted by Gasteiger charge is 2.45. The predicted octanol–water partition coefficient (Wildman–Crippen LogP) is 6.52. The zero-order valence-electron chi connectivity index (χ0n) is 30.1. The highest BCUT2D eigenvalue weighted by Crippen LogP contribution is 2.45. The summed E-state index contributed by atoms with van der Waals surface area (Å²) in [7, 11) is 0. The second kappa shape index (κ2) is 17.1. The van der Waals surface area contributed by atoms with Crippen molar-refractivity contribution in [3.05, 3.63) is 47.7 Å². The highest BCUT2D eigenvalue weighted by atomic mass is 19.1. The van der Waals surface area contributed by atoms with E-state index in [2.05, 4.69) is 21.2 Å². The molecule has 4 fully saturated rings. The van der Waals surface area contributed by atoms with Gasteiger partial charge in [-0.1, -0.05) is 32.3 Å². The number of ether oxygens (including phenoxy) is 3. The summed E-state index contributed by atoms with van der Waals surface area (Å²) in [6.45, 7) is 8.52. The number of terminal acetylenes is 1. The van der Waals surface area contributed by atoms with E-state index >= 15 is 4.39 Å². The number of aliphatic hydroxyl groups excluding tert-OH is 1. The Bertz CT molecular complexity index is 1890. The number of phenols is 1. The van der Waals surface area contributed by atoms with Gasteiger partial charge in [-0.2, -0.15) is 9.97 Å². The zero-order chi connectivity index (χ0) is 36.7. The molecule has 0 spiro atoms. The van der Waals surface area contributed by atoms with Crippen molar-refractivity contribution >= 4 is 27.5 Å². The molecule has 278 valence electrons. The molecule has 0 radical (unpaired) electrons. The summed E-state index contributed by atoms with van der Waals surface area (Å²) >= 11 is 0. The number of phenolic OH excluding ortho intramolecular Hbond substituents is 1. The molecule has 10 nitrogen and oxygen atoms in total. The number of aliphatic hydroxyl groups is 1. The molecule has 4 aliphatic rings. The minimum absolute atomic E-state index is 0.0185. The number of nitrogens with one attached hydrogen (secondary N) is 1. The topological polar surface area (TPSA) is 122 Å². The fourth-order valence-corrected chi connectivity index (χ4v) is 7.87. The van der Waals surface area contributed by atoms with Crippen molar-refractivity contribution in [3.63, 3.8) is 0 Å². The quantitative estimate of drug-likeness (QED) is 0.197. The Morgan fingerprint density at radius 1 is 1.06 bits per heavy atom. The lowest BCUT2D eigenvalue weighted by Gasteiger charge is -2.39. The number of fused-ring (bicyclic) bond motifs is 3. The van der Waals surface area contributed by atoms with Crippen molar-refractivity contribution in [1.82, 2.24) is 20.3 Å². The number of halogens is 2. The summed E-state index contributed by atoms with van der Waals surface area (Å²) in [6, 6.07) is 5.81. The Kier molecular flexibility index (Phi) is 12.4. The lowest BCUT2D eigenvalue weighted by atomic mass is 9.76. The number of aromatic nitrogens is 3. The maximum atomic E-state index is 16.7. The average molecular weight is 718 g/mol.